The van der Waals surface area contributed by atoms with Crippen LogP contribution in [-0.2, 0) is 10.0 Å². The van der Waals surface area contributed by atoms with Crippen LogP contribution in [0.1, 0.15) is 15.9 Å². The number of nitrogens with two attached hydrogens (primary N) is 1. The third kappa shape index (κ3) is 4.04. The van der Waals surface area contributed by atoms with E-state index in [9.17, 15) is 13.2 Å². The van der Waals surface area contributed by atoms with Crippen molar-refractivity contribution < 1.29 is 13.2 Å². The maximum atomic E-state index is 12.2. The lowest BCUT2D eigenvalue weighted by Gasteiger charge is -2.08. The number of hydrogen-bond acceptors (Lipinski definition) is 3. The van der Waals surface area contributed by atoms with Crippen molar-refractivity contribution in [2.45, 2.75) is 11.8 Å². The number of primary sulfonamides is 1. The Balaban J connectivity index is 2.33. The minimum atomic E-state index is -3.86. The second-order valence-electron chi connectivity index (χ2n) is 4.54. The van der Waals surface area contributed by atoms with Crippen molar-refractivity contribution in [3.05, 3.63) is 58.6 Å². The first-order valence-corrected chi connectivity index (χ1v) is 7.89. The Hall–Kier alpha value is -1.89. The number of benzene rings is 2. The van der Waals surface area contributed by atoms with Crippen molar-refractivity contribution in [3.8, 4) is 0 Å². The van der Waals surface area contributed by atoms with Crippen LogP contribution in [-0.4, -0.2) is 14.3 Å². The number of aryl methyl sites for hydroxylation is 1. The smallest absolute Gasteiger partial charge is 0.255 e. The van der Waals surface area contributed by atoms with Crippen molar-refractivity contribution in [1.29, 1.82) is 0 Å². The maximum absolute atomic E-state index is 12.2. The van der Waals surface area contributed by atoms with Crippen molar-refractivity contribution >= 4 is 33.2 Å². The Bertz CT molecular complexity index is 804. The predicted molar refractivity (Wildman–Crippen MR) is 82.0 cm³/mol. The minimum absolute atomic E-state index is 0.0984. The Morgan fingerprint density at radius 2 is 1.90 bits per heavy atom. The van der Waals surface area contributed by atoms with Gasteiger partial charge in [0.1, 0.15) is 0 Å². The van der Waals surface area contributed by atoms with Crippen LogP contribution in [0.15, 0.2) is 47.4 Å². The number of carbonyl (C=O) groups excluding carboxylic acids is 1. The van der Waals surface area contributed by atoms with E-state index in [4.69, 9.17) is 16.7 Å². The maximum Gasteiger partial charge on any atom is 0.255 e. The average Bonchev–Trinajstić information content (AvgIpc) is 2.37. The van der Waals surface area contributed by atoms with Crippen LogP contribution in [0.3, 0.4) is 0 Å². The number of sulfonamides is 1. The standard InChI is InChI=1S/C14H13ClN2O3S/c1-9-5-10(7-13(6-9)21(16,19)20)14(18)17-12-4-2-3-11(15)8-12/h2-8H,1H3,(H,17,18)(H2,16,19,20). The molecule has 3 N–H and O–H groups in total. The van der Waals surface area contributed by atoms with E-state index in [1.54, 1.807) is 37.3 Å². The van der Waals surface area contributed by atoms with E-state index in [0.29, 0.717) is 16.3 Å². The molecule has 2 aromatic rings. The molecule has 0 saturated carbocycles. The molecule has 0 aromatic heterocycles. The second-order valence-corrected chi connectivity index (χ2v) is 6.54. The molecule has 0 atom stereocenters. The van der Waals surface area contributed by atoms with Gasteiger partial charge in [0.15, 0.2) is 0 Å². The summed E-state index contributed by atoms with van der Waals surface area (Å²) < 4.78 is 22.8. The molecule has 0 saturated heterocycles. The van der Waals surface area contributed by atoms with Gasteiger partial charge in [-0.25, -0.2) is 13.6 Å². The quantitative estimate of drug-likeness (QED) is 0.909. The summed E-state index contributed by atoms with van der Waals surface area (Å²) in [5, 5.41) is 8.22. The monoisotopic (exact) mass is 324 g/mol. The van der Waals surface area contributed by atoms with Crippen LogP contribution in [0.5, 0.6) is 0 Å². The molecular formula is C14H13ClN2O3S. The summed E-state index contributed by atoms with van der Waals surface area (Å²) in [5.41, 5.74) is 1.35. The van der Waals surface area contributed by atoms with E-state index in [1.807, 2.05) is 0 Å². The van der Waals surface area contributed by atoms with Crippen molar-refractivity contribution in [3.63, 3.8) is 0 Å². The van der Waals surface area contributed by atoms with Gasteiger partial charge in [-0.15, -0.1) is 0 Å². The Labute approximate surface area is 127 Å². The van der Waals surface area contributed by atoms with Gasteiger partial charge in [-0.2, -0.15) is 0 Å². The fourth-order valence-corrected chi connectivity index (χ4v) is 2.64. The molecule has 5 nitrogen and oxygen atoms in total. The van der Waals surface area contributed by atoms with Crippen LogP contribution in [0, 0.1) is 6.92 Å². The summed E-state index contributed by atoms with van der Waals surface area (Å²) in [7, 11) is -3.86. The summed E-state index contributed by atoms with van der Waals surface area (Å²) in [6.45, 7) is 1.69. The fourth-order valence-electron chi connectivity index (χ4n) is 1.81. The Kier molecular flexibility index (Phi) is 4.32. The predicted octanol–water partition coefficient (Wildman–Crippen LogP) is 2.55. The molecular weight excluding hydrogens is 312 g/mol. The molecule has 0 aliphatic heterocycles. The van der Waals surface area contributed by atoms with Gasteiger partial charge < -0.3 is 5.32 Å². The van der Waals surface area contributed by atoms with Crippen LogP contribution < -0.4 is 10.5 Å². The largest absolute Gasteiger partial charge is 0.322 e. The Morgan fingerprint density at radius 3 is 2.52 bits per heavy atom. The van der Waals surface area contributed by atoms with Gasteiger partial charge in [-0.3, -0.25) is 4.79 Å². The first-order chi connectivity index (χ1) is 9.75. The molecule has 110 valence electrons. The zero-order valence-corrected chi connectivity index (χ0v) is 12.7. The Morgan fingerprint density at radius 1 is 1.19 bits per heavy atom. The highest BCUT2D eigenvalue weighted by Gasteiger charge is 2.14. The second kappa shape index (κ2) is 5.85. The molecule has 0 aliphatic rings. The summed E-state index contributed by atoms with van der Waals surface area (Å²) in [5.74, 6) is -0.439. The topological polar surface area (TPSA) is 89.3 Å². The summed E-state index contributed by atoms with van der Waals surface area (Å²) in [6, 6.07) is 10.9. The summed E-state index contributed by atoms with van der Waals surface area (Å²) in [4.78, 5) is 12.1. The van der Waals surface area contributed by atoms with E-state index < -0.39 is 15.9 Å². The van der Waals surface area contributed by atoms with Crippen molar-refractivity contribution in [1.82, 2.24) is 0 Å². The lowest BCUT2D eigenvalue weighted by molar-refractivity contribution is 0.102. The third-order valence-corrected chi connectivity index (χ3v) is 3.85. The van der Waals surface area contributed by atoms with E-state index >= 15 is 0 Å². The molecule has 0 fully saturated rings. The van der Waals surface area contributed by atoms with Crippen molar-refractivity contribution in [2.24, 2.45) is 5.14 Å². The van der Waals surface area contributed by atoms with E-state index in [2.05, 4.69) is 5.32 Å². The molecule has 2 aromatic carbocycles. The average molecular weight is 325 g/mol. The molecule has 7 heteroatoms. The molecule has 2 rings (SSSR count). The van der Waals surface area contributed by atoms with Gasteiger partial charge in [0.25, 0.3) is 5.91 Å². The number of rotatable bonds is 3. The minimum Gasteiger partial charge on any atom is -0.322 e. The number of anilines is 1. The van der Waals surface area contributed by atoms with Gasteiger partial charge in [0.05, 0.1) is 4.90 Å². The van der Waals surface area contributed by atoms with Crippen LogP contribution >= 0.6 is 11.6 Å². The molecule has 0 radical (unpaired) electrons. The molecule has 0 heterocycles. The third-order valence-electron chi connectivity index (χ3n) is 2.72. The van der Waals surface area contributed by atoms with E-state index in [0.717, 1.165) is 0 Å². The molecule has 21 heavy (non-hydrogen) atoms. The highest BCUT2D eigenvalue weighted by Crippen LogP contribution is 2.18. The lowest BCUT2D eigenvalue weighted by atomic mass is 10.1. The van der Waals surface area contributed by atoms with Gasteiger partial charge >= 0.3 is 0 Å². The van der Waals surface area contributed by atoms with Gasteiger partial charge in [0.2, 0.25) is 10.0 Å². The lowest BCUT2D eigenvalue weighted by Crippen LogP contribution is -2.16. The van der Waals surface area contributed by atoms with E-state index in [1.165, 1.54) is 12.1 Å². The highest BCUT2D eigenvalue weighted by molar-refractivity contribution is 7.89. The van der Waals surface area contributed by atoms with E-state index in [-0.39, 0.29) is 10.5 Å². The molecule has 0 spiro atoms. The van der Waals surface area contributed by atoms with Gasteiger partial charge in [-0.1, -0.05) is 17.7 Å². The highest BCUT2D eigenvalue weighted by atomic mass is 35.5. The number of carbonyl (C=O) groups is 1. The van der Waals surface area contributed by atoms with Gasteiger partial charge in [0, 0.05) is 16.3 Å². The number of halogens is 1. The van der Waals surface area contributed by atoms with Crippen LogP contribution in [0.2, 0.25) is 5.02 Å². The molecule has 0 unspecified atom stereocenters. The van der Waals surface area contributed by atoms with Crippen LogP contribution in [0.4, 0.5) is 5.69 Å². The van der Waals surface area contributed by atoms with Crippen LogP contribution in [0.25, 0.3) is 0 Å². The number of nitrogens with one attached hydrogen (secondary N) is 1. The zero-order chi connectivity index (χ0) is 15.6. The zero-order valence-electron chi connectivity index (χ0n) is 11.1. The SMILES string of the molecule is Cc1cc(C(=O)Nc2cccc(Cl)c2)cc(S(N)(=O)=O)c1. The number of hydrogen-bond donors (Lipinski definition) is 2. The molecule has 0 bridgehead atoms. The molecule has 0 aliphatic carbocycles. The fraction of sp³-hybridized carbons (Fsp3) is 0.0714. The first kappa shape index (κ1) is 15.5. The summed E-state index contributed by atoms with van der Waals surface area (Å²) in [6.07, 6.45) is 0. The van der Waals surface area contributed by atoms with Gasteiger partial charge in [-0.05, 0) is 48.9 Å². The van der Waals surface area contributed by atoms with Crippen molar-refractivity contribution in [2.75, 3.05) is 5.32 Å². The first-order valence-electron chi connectivity index (χ1n) is 5.97. The number of amides is 1. The summed E-state index contributed by atoms with van der Waals surface area (Å²) >= 11 is 5.84. The normalized spacial score (nSPS) is 11.2. The molecule has 1 amide bonds.